The molecule has 0 radical (unpaired) electrons. The summed E-state index contributed by atoms with van der Waals surface area (Å²) in [5.41, 5.74) is 1.67. The quantitative estimate of drug-likeness (QED) is 0.255. The van der Waals surface area contributed by atoms with E-state index in [0.29, 0.717) is 26.1 Å². The van der Waals surface area contributed by atoms with Crippen LogP contribution in [0.3, 0.4) is 0 Å². The van der Waals surface area contributed by atoms with Crippen molar-refractivity contribution in [3.63, 3.8) is 0 Å². The number of unbranched alkanes of at least 4 members (excludes halogenated alkanes) is 1. The smallest absolute Gasteiger partial charge is 0.410 e. The van der Waals surface area contributed by atoms with Gasteiger partial charge in [0.1, 0.15) is 17.1 Å². The van der Waals surface area contributed by atoms with Gasteiger partial charge in [0.15, 0.2) is 0 Å². The molecule has 2 aliphatic heterocycles. The first-order chi connectivity index (χ1) is 23.0. The molecule has 2 unspecified atom stereocenters. The number of benzene rings is 2. The van der Waals surface area contributed by atoms with Gasteiger partial charge in [-0.2, -0.15) is 0 Å². The van der Waals surface area contributed by atoms with Gasteiger partial charge in [0.2, 0.25) is 11.8 Å². The number of rotatable bonds is 11. The Morgan fingerprint density at radius 1 is 0.979 bits per heavy atom. The maximum Gasteiger partial charge on any atom is 0.410 e. The van der Waals surface area contributed by atoms with Gasteiger partial charge in [-0.25, -0.2) is 4.79 Å². The maximum atomic E-state index is 14.2. The van der Waals surface area contributed by atoms with E-state index in [1.807, 2.05) is 48.5 Å². The number of carbonyl (C=O) groups excluding carboxylic acids is 3. The molecule has 2 aliphatic rings. The van der Waals surface area contributed by atoms with E-state index in [1.165, 1.54) is 4.90 Å². The van der Waals surface area contributed by atoms with E-state index in [-0.39, 0.29) is 24.9 Å². The molecule has 0 spiro atoms. The number of pyridine rings is 1. The van der Waals surface area contributed by atoms with E-state index >= 15 is 0 Å². The number of fused-ring (bicyclic) bond motifs is 2. The molecule has 1 aromatic heterocycles. The summed E-state index contributed by atoms with van der Waals surface area (Å²) in [6, 6.07) is 19.7. The van der Waals surface area contributed by atoms with Crippen LogP contribution in [-0.4, -0.2) is 78.7 Å². The third-order valence-corrected chi connectivity index (χ3v) is 9.13. The van der Waals surface area contributed by atoms with E-state index in [1.54, 1.807) is 52.2 Å². The second-order valence-corrected chi connectivity index (χ2v) is 13.9. The van der Waals surface area contributed by atoms with Gasteiger partial charge < -0.3 is 29.3 Å². The van der Waals surface area contributed by atoms with Crippen molar-refractivity contribution in [3.05, 3.63) is 89.7 Å². The summed E-state index contributed by atoms with van der Waals surface area (Å²) >= 11 is 0. The van der Waals surface area contributed by atoms with Crippen LogP contribution in [0.4, 0.5) is 4.79 Å². The van der Waals surface area contributed by atoms with Crippen LogP contribution in [0.25, 0.3) is 0 Å². The molecule has 1 fully saturated rings. The Kier molecular flexibility index (Phi) is 11.0. The molecule has 3 aromatic rings. The fourth-order valence-electron chi connectivity index (χ4n) is 6.87. The Hall–Kier alpha value is -4.44. The fourth-order valence-corrected chi connectivity index (χ4v) is 6.87. The summed E-state index contributed by atoms with van der Waals surface area (Å²) in [5, 5.41) is 3.28. The number of likely N-dealkylation sites (tertiary alicyclic amines) is 1. The first kappa shape index (κ1) is 34.9. The van der Waals surface area contributed by atoms with Gasteiger partial charge in [-0.3, -0.25) is 14.6 Å². The molecule has 0 bridgehead atoms. The lowest BCUT2D eigenvalue weighted by atomic mass is 9.69. The zero-order valence-corrected chi connectivity index (χ0v) is 28.7. The summed E-state index contributed by atoms with van der Waals surface area (Å²) in [4.78, 5) is 48.6. The van der Waals surface area contributed by atoms with E-state index in [4.69, 9.17) is 14.2 Å². The maximum absolute atomic E-state index is 14.2. The van der Waals surface area contributed by atoms with Crippen LogP contribution >= 0.6 is 0 Å². The highest BCUT2D eigenvalue weighted by molar-refractivity contribution is 5.84. The number of hydrogen-bond donors (Lipinski definition) is 1. The second-order valence-electron chi connectivity index (χ2n) is 13.9. The van der Waals surface area contributed by atoms with Crippen LogP contribution in [0.15, 0.2) is 73.1 Å². The standard InChI is InChI=1S/C38H48N4O6/c1-37(2,3)48-36(45)42-24-28(21-29(25-42)35(44)41(4)23-27-13-12-19-39-22-27)34(43)40-26-38(18-10-11-20-46-5)30-14-6-8-16-32(30)47-33-17-9-7-15-31(33)38/h6-9,12-17,19,22,28-29H,10-11,18,20-21,23-26H2,1-5H3,(H,40,43). The average molecular weight is 657 g/mol. The number of methoxy groups -OCH3 is 1. The molecule has 10 heteroatoms. The SMILES string of the molecule is COCCCCC1(CNC(=O)C2CC(C(=O)N(C)Cc3cccnc3)CN(C(=O)OC(C)(C)C)C2)c2ccccc2Oc2ccccc21. The third kappa shape index (κ3) is 8.16. The Morgan fingerprint density at radius 3 is 2.27 bits per heavy atom. The highest BCUT2D eigenvalue weighted by Crippen LogP contribution is 2.50. The van der Waals surface area contributed by atoms with E-state index in [0.717, 1.165) is 47.5 Å². The van der Waals surface area contributed by atoms with Crippen molar-refractivity contribution in [1.29, 1.82) is 0 Å². The van der Waals surface area contributed by atoms with Gasteiger partial charge in [0, 0.05) is 75.9 Å². The van der Waals surface area contributed by atoms with E-state index < -0.39 is 28.9 Å². The second kappa shape index (κ2) is 15.2. The molecule has 0 saturated carbocycles. The number of piperidine rings is 1. The van der Waals surface area contributed by atoms with Crippen molar-refractivity contribution in [3.8, 4) is 11.5 Å². The molecule has 5 rings (SSSR count). The van der Waals surface area contributed by atoms with Gasteiger partial charge in [0.05, 0.1) is 11.8 Å². The number of nitrogens with one attached hydrogen (secondary N) is 1. The highest BCUT2D eigenvalue weighted by Gasteiger charge is 2.44. The molecule has 2 aromatic carbocycles. The zero-order valence-electron chi connectivity index (χ0n) is 28.7. The van der Waals surface area contributed by atoms with Gasteiger partial charge in [-0.1, -0.05) is 42.5 Å². The predicted octanol–water partition coefficient (Wildman–Crippen LogP) is 5.94. The van der Waals surface area contributed by atoms with Gasteiger partial charge >= 0.3 is 6.09 Å². The largest absolute Gasteiger partial charge is 0.457 e. The van der Waals surface area contributed by atoms with Crippen LogP contribution in [0.5, 0.6) is 11.5 Å². The first-order valence-electron chi connectivity index (χ1n) is 16.8. The number of nitrogens with zero attached hydrogens (tertiary/aromatic N) is 3. The molecule has 0 aliphatic carbocycles. The Morgan fingerprint density at radius 2 is 1.65 bits per heavy atom. The van der Waals surface area contributed by atoms with Crippen molar-refractivity contribution in [2.75, 3.05) is 40.4 Å². The lowest BCUT2D eigenvalue weighted by Gasteiger charge is -2.42. The normalized spacial score (nSPS) is 18.1. The van der Waals surface area contributed by atoms with Gasteiger partial charge in [0.25, 0.3) is 0 Å². The lowest BCUT2D eigenvalue weighted by molar-refractivity contribution is -0.138. The first-order valence-corrected chi connectivity index (χ1v) is 16.8. The van der Waals surface area contributed by atoms with Crippen LogP contribution in [0.1, 0.15) is 63.1 Å². The van der Waals surface area contributed by atoms with Crippen LogP contribution in [0.2, 0.25) is 0 Å². The number of para-hydroxylation sites is 2. The van der Waals surface area contributed by atoms with Crippen molar-refractivity contribution in [1.82, 2.24) is 20.1 Å². The highest BCUT2D eigenvalue weighted by atomic mass is 16.6. The van der Waals surface area contributed by atoms with Crippen LogP contribution < -0.4 is 10.1 Å². The molecule has 48 heavy (non-hydrogen) atoms. The molecule has 1 N–H and O–H groups in total. The summed E-state index contributed by atoms with van der Waals surface area (Å²) in [5.74, 6) is 0.0288. The third-order valence-electron chi connectivity index (χ3n) is 9.13. The molecule has 10 nitrogen and oxygen atoms in total. The molecular weight excluding hydrogens is 608 g/mol. The predicted molar refractivity (Wildman–Crippen MR) is 183 cm³/mol. The van der Waals surface area contributed by atoms with Crippen molar-refractivity contribution < 1.29 is 28.6 Å². The van der Waals surface area contributed by atoms with E-state index in [2.05, 4.69) is 22.4 Å². The summed E-state index contributed by atoms with van der Waals surface area (Å²) in [6.07, 6.45) is 5.72. The Bertz CT molecular complexity index is 1530. The Balaban J connectivity index is 1.40. The topological polar surface area (TPSA) is 110 Å². The number of carbonyl (C=O) groups is 3. The Labute approximate surface area is 283 Å². The summed E-state index contributed by atoms with van der Waals surface area (Å²) in [7, 11) is 3.44. The van der Waals surface area contributed by atoms with Crippen molar-refractivity contribution >= 4 is 17.9 Å². The monoisotopic (exact) mass is 656 g/mol. The molecule has 3 heterocycles. The van der Waals surface area contributed by atoms with Gasteiger partial charge in [-0.15, -0.1) is 0 Å². The number of aromatic nitrogens is 1. The summed E-state index contributed by atoms with van der Waals surface area (Å²) in [6.45, 7) is 7.11. The molecular formula is C38H48N4O6. The van der Waals surface area contributed by atoms with Crippen LogP contribution in [-0.2, 0) is 31.0 Å². The molecule has 3 amide bonds. The molecule has 256 valence electrons. The van der Waals surface area contributed by atoms with Crippen LogP contribution in [0, 0.1) is 11.8 Å². The molecule has 2 atom stereocenters. The van der Waals surface area contributed by atoms with E-state index in [9.17, 15) is 14.4 Å². The average Bonchev–Trinajstić information content (AvgIpc) is 3.08. The van der Waals surface area contributed by atoms with Gasteiger partial charge in [-0.05, 0) is 70.2 Å². The summed E-state index contributed by atoms with van der Waals surface area (Å²) < 4.78 is 17.4. The van der Waals surface area contributed by atoms with Crippen molar-refractivity contribution in [2.45, 2.75) is 64.0 Å². The zero-order chi connectivity index (χ0) is 34.3. The lowest BCUT2D eigenvalue weighted by Crippen LogP contribution is -2.54. The minimum Gasteiger partial charge on any atom is -0.457 e. The number of amides is 3. The van der Waals surface area contributed by atoms with Crippen molar-refractivity contribution in [2.24, 2.45) is 11.8 Å². The molecule has 1 saturated heterocycles. The number of hydrogen-bond acceptors (Lipinski definition) is 7. The minimum absolute atomic E-state index is 0.133. The fraction of sp³-hybridized carbons (Fsp3) is 0.474. The number of ether oxygens (including phenoxy) is 3. The minimum atomic E-state index is -0.720.